The van der Waals surface area contributed by atoms with Crippen molar-refractivity contribution in [3.63, 3.8) is 0 Å². The predicted molar refractivity (Wildman–Crippen MR) is 152 cm³/mol. The lowest BCUT2D eigenvalue weighted by atomic mass is 10.1. The van der Waals surface area contributed by atoms with E-state index in [9.17, 15) is 9.59 Å². The van der Waals surface area contributed by atoms with Crippen molar-refractivity contribution >= 4 is 28.9 Å². The van der Waals surface area contributed by atoms with E-state index in [1.165, 1.54) is 0 Å². The van der Waals surface area contributed by atoms with Crippen LogP contribution in [0.25, 0.3) is 16.1 Å². The van der Waals surface area contributed by atoms with E-state index in [2.05, 4.69) is 24.9 Å². The van der Waals surface area contributed by atoms with E-state index in [0.717, 1.165) is 63.2 Å². The largest absolute Gasteiger partial charge is 0.397 e. The number of benzene rings is 2. The fourth-order valence-electron chi connectivity index (χ4n) is 5.10. The van der Waals surface area contributed by atoms with Crippen molar-refractivity contribution in [2.75, 3.05) is 56.9 Å². The Labute approximate surface area is 229 Å². The number of likely N-dealkylation sites (tertiary alicyclic amines) is 1. The van der Waals surface area contributed by atoms with Gasteiger partial charge >= 0.3 is 0 Å². The summed E-state index contributed by atoms with van der Waals surface area (Å²) in [5.74, 6) is -0.00865. The standard InChI is InChI=1S/C30H33N7O2/c1-32-27-18-22(20-35-14-16-36(17-15-35)21-28(38)37-12-4-5-13-37)19-33-29(27)23-8-10-24(11-9-23)30(39)34-26-7-3-2-6-25(26)31/h2-3,6-11,18-19H,4-5,12-17,20-21,31H2,(H,34,39). The normalized spacial score (nSPS) is 16.1. The zero-order valence-corrected chi connectivity index (χ0v) is 22.0. The lowest BCUT2D eigenvalue weighted by molar-refractivity contribution is -0.131. The number of hydrogen-bond donors (Lipinski definition) is 2. The van der Waals surface area contributed by atoms with Crippen molar-refractivity contribution in [1.82, 2.24) is 19.7 Å². The van der Waals surface area contributed by atoms with Crippen LogP contribution in [0.15, 0.2) is 60.8 Å². The summed E-state index contributed by atoms with van der Waals surface area (Å²) in [7, 11) is 0. The van der Waals surface area contributed by atoms with Crippen LogP contribution < -0.4 is 11.1 Å². The highest BCUT2D eigenvalue weighted by molar-refractivity contribution is 6.06. The highest BCUT2D eigenvalue weighted by Crippen LogP contribution is 2.30. The van der Waals surface area contributed by atoms with Gasteiger partial charge in [-0.2, -0.15) is 0 Å². The first-order valence-electron chi connectivity index (χ1n) is 13.4. The SMILES string of the molecule is [C-]#[N+]c1cc(CN2CCN(CC(=O)N3CCCC3)CC2)cnc1-c1ccc(C(=O)Nc2ccccc2N)cc1. The van der Waals surface area contributed by atoms with Crippen LogP contribution in [-0.4, -0.2) is 77.3 Å². The third kappa shape index (κ3) is 6.42. The van der Waals surface area contributed by atoms with Crippen molar-refractivity contribution in [1.29, 1.82) is 0 Å². The third-order valence-corrected chi connectivity index (χ3v) is 7.36. The Morgan fingerprint density at radius 1 is 0.949 bits per heavy atom. The van der Waals surface area contributed by atoms with E-state index in [0.29, 0.717) is 41.4 Å². The van der Waals surface area contributed by atoms with Crippen LogP contribution in [0.3, 0.4) is 0 Å². The fourth-order valence-corrected chi connectivity index (χ4v) is 5.10. The summed E-state index contributed by atoms with van der Waals surface area (Å²) in [4.78, 5) is 40.0. The van der Waals surface area contributed by atoms with Crippen LogP contribution in [0.1, 0.15) is 28.8 Å². The number of nitrogens with zero attached hydrogens (tertiary/aromatic N) is 5. The predicted octanol–water partition coefficient (Wildman–Crippen LogP) is 3.87. The van der Waals surface area contributed by atoms with E-state index in [1.807, 2.05) is 41.4 Å². The Hall–Kier alpha value is -4.26. The molecule has 2 aromatic carbocycles. The van der Waals surface area contributed by atoms with E-state index in [-0.39, 0.29) is 11.8 Å². The quantitative estimate of drug-likeness (QED) is 0.360. The molecular weight excluding hydrogens is 490 g/mol. The van der Waals surface area contributed by atoms with Gasteiger partial charge in [-0.1, -0.05) is 24.3 Å². The van der Waals surface area contributed by atoms with Crippen molar-refractivity contribution in [2.24, 2.45) is 0 Å². The highest BCUT2D eigenvalue weighted by Gasteiger charge is 2.23. The molecule has 0 bridgehead atoms. The van der Waals surface area contributed by atoms with Gasteiger partial charge in [0.05, 0.1) is 30.2 Å². The van der Waals surface area contributed by atoms with Crippen LogP contribution in [0, 0.1) is 6.57 Å². The second-order valence-electron chi connectivity index (χ2n) is 10.1. The molecule has 0 unspecified atom stereocenters. The number of para-hydroxylation sites is 2. The molecule has 39 heavy (non-hydrogen) atoms. The van der Waals surface area contributed by atoms with Gasteiger partial charge in [-0.15, -0.1) is 0 Å². The number of piperazine rings is 1. The van der Waals surface area contributed by atoms with E-state index >= 15 is 0 Å². The highest BCUT2D eigenvalue weighted by atomic mass is 16.2. The van der Waals surface area contributed by atoms with Crippen LogP contribution in [0.5, 0.6) is 0 Å². The number of aromatic nitrogens is 1. The zero-order valence-electron chi connectivity index (χ0n) is 22.0. The van der Waals surface area contributed by atoms with Gasteiger partial charge in [0.1, 0.15) is 0 Å². The molecule has 0 radical (unpaired) electrons. The van der Waals surface area contributed by atoms with Crippen molar-refractivity contribution < 1.29 is 9.59 Å². The van der Waals surface area contributed by atoms with Crippen molar-refractivity contribution in [3.8, 4) is 11.3 Å². The maximum atomic E-state index is 12.6. The average molecular weight is 524 g/mol. The monoisotopic (exact) mass is 523 g/mol. The number of carbonyl (C=O) groups is 2. The Bertz CT molecular complexity index is 1370. The second-order valence-corrected chi connectivity index (χ2v) is 10.1. The molecule has 9 heteroatoms. The first kappa shape index (κ1) is 26.4. The molecular formula is C30H33N7O2. The number of carbonyl (C=O) groups excluding carboxylic acids is 2. The molecule has 0 saturated carbocycles. The van der Waals surface area contributed by atoms with Gasteiger partial charge in [0.25, 0.3) is 5.91 Å². The molecule has 0 atom stereocenters. The smallest absolute Gasteiger partial charge is 0.255 e. The first-order chi connectivity index (χ1) is 19.0. The number of amides is 2. The average Bonchev–Trinajstić information content (AvgIpc) is 3.51. The van der Waals surface area contributed by atoms with Crippen LogP contribution in [0.4, 0.5) is 17.1 Å². The maximum absolute atomic E-state index is 12.6. The summed E-state index contributed by atoms with van der Waals surface area (Å²) in [6.07, 6.45) is 4.06. The second kappa shape index (κ2) is 12.1. The van der Waals surface area contributed by atoms with E-state index in [4.69, 9.17) is 12.3 Å². The number of pyridine rings is 1. The number of hydrogen-bond acceptors (Lipinski definition) is 6. The van der Waals surface area contributed by atoms with Gasteiger partial charge in [0.15, 0.2) is 0 Å². The lowest BCUT2D eigenvalue weighted by Gasteiger charge is -2.35. The molecule has 2 amide bonds. The minimum atomic E-state index is -0.256. The topological polar surface area (TPSA) is 99.2 Å². The molecule has 1 aromatic heterocycles. The molecule has 2 aliphatic rings. The first-order valence-corrected chi connectivity index (χ1v) is 13.4. The van der Waals surface area contributed by atoms with Gasteiger partial charge in [-0.25, -0.2) is 4.85 Å². The fraction of sp³-hybridized carbons (Fsp3) is 0.333. The molecule has 0 spiro atoms. The van der Waals surface area contributed by atoms with Crippen LogP contribution in [-0.2, 0) is 11.3 Å². The van der Waals surface area contributed by atoms with Gasteiger partial charge in [0, 0.05) is 57.6 Å². The molecule has 2 saturated heterocycles. The lowest BCUT2D eigenvalue weighted by Crippen LogP contribution is -2.49. The number of nitrogen functional groups attached to an aromatic ring is 1. The number of rotatable bonds is 7. The zero-order chi connectivity index (χ0) is 27.2. The molecule has 3 aromatic rings. The van der Waals surface area contributed by atoms with Gasteiger partial charge in [-0.3, -0.25) is 24.4 Å². The summed E-state index contributed by atoms with van der Waals surface area (Å²) >= 11 is 0. The Morgan fingerprint density at radius 3 is 2.33 bits per heavy atom. The van der Waals surface area contributed by atoms with E-state index in [1.54, 1.807) is 24.3 Å². The van der Waals surface area contributed by atoms with Gasteiger partial charge < -0.3 is 16.0 Å². The van der Waals surface area contributed by atoms with Crippen LogP contribution in [0.2, 0.25) is 0 Å². The third-order valence-electron chi connectivity index (χ3n) is 7.36. The summed E-state index contributed by atoms with van der Waals surface area (Å²) in [5.41, 5.74) is 10.3. The molecule has 3 heterocycles. The molecule has 2 fully saturated rings. The Morgan fingerprint density at radius 2 is 1.64 bits per heavy atom. The van der Waals surface area contributed by atoms with Gasteiger partial charge in [0.2, 0.25) is 11.6 Å². The molecule has 200 valence electrons. The maximum Gasteiger partial charge on any atom is 0.255 e. The number of nitrogens with one attached hydrogen (secondary N) is 1. The summed E-state index contributed by atoms with van der Waals surface area (Å²) in [6.45, 7) is 14.2. The van der Waals surface area contributed by atoms with E-state index < -0.39 is 0 Å². The molecule has 2 aliphatic heterocycles. The summed E-state index contributed by atoms with van der Waals surface area (Å²) < 4.78 is 0. The summed E-state index contributed by atoms with van der Waals surface area (Å²) in [6, 6.07) is 16.1. The summed E-state index contributed by atoms with van der Waals surface area (Å²) in [5, 5.41) is 2.82. The Balaban J connectivity index is 1.18. The van der Waals surface area contributed by atoms with Gasteiger partial charge in [-0.05, 0) is 54.3 Å². The van der Waals surface area contributed by atoms with Crippen molar-refractivity contribution in [3.05, 3.63) is 83.3 Å². The molecule has 5 rings (SSSR count). The molecule has 0 aliphatic carbocycles. The number of anilines is 2. The van der Waals surface area contributed by atoms with Crippen molar-refractivity contribution in [2.45, 2.75) is 19.4 Å². The minimum absolute atomic E-state index is 0.247. The minimum Gasteiger partial charge on any atom is -0.397 e. The molecule has 3 N–H and O–H groups in total. The Kier molecular flexibility index (Phi) is 8.16. The number of nitrogens with two attached hydrogens (primary N) is 1. The van der Waals surface area contributed by atoms with Crippen LogP contribution >= 0.6 is 0 Å². The molecule has 9 nitrogen and oxygen atoms in total.